The summed E-state index contributed by atoms with van der Waals surface area (Å²) in [5, 5.41) is 1.66. The lowest BCUT2D eigenvalue weighted by molar-refractivity contribution is 0.210. The van der Waals surface area contributed by atoms with Gasteiger partial charge in [-0.3, -0.25) is 0 Å². The monoisotopic (exact) mass is 172 g/mol. The predicted molar refractivity (Wildman–Crippen MR) is 41.7 cm³/mol. The summed E-state index contributed by atoms with van der Waals surface area (Å²) < 4.78 is 8.66. The average molecular weight is 172 g/mol. The van der Waals surface area contributed by atoms with E-state index >= 15 is 0 Å². The van der Waals surface area contributed by atoms with Gasteiger partial charge in [0.05, 0.1) is 11.1 Å². The maximum Gasteiger partial charge on any atom is 0.410 e. The number of rotatable bonds is 2. The molecule has 5 heteroatoms. The normalized spacial score (nSPS) is 9.55. The van der Waals surface area contributed by atoms with Crippen LogP contribution in [-0.2, 0) is 6.42 Å². The molecule has 0 unspecified atom stereocenters. The van der Waals surface area contributed by atoms with Crippen molar-refractivity contribution >= 4 is 17.6 Å². The first-order chi connectivity index (χ1) is 5.24. The van der Waals surface area contributed by atoms with Gasteiger partial charge >= 0.3 is 6.09 Å². The van der Waals surface area contributed by atoms with Gasteiger partial charge in [-0.05, 0) is 18.0 Å². The van der Waals surface area contributed by atoms with Crippen molar-refractivity contribution in [3.63, 3.8) is 0 Å². The number of carbonyl (C=O) groups is 1. The summed E-state index contributed by atoms with van der Waals surface area (Å²) in [5.41, 5.74) is 5.59. The summed E-state index contributed by atoms with van der Waals surface area (Å²) in [5.74, 6) is 0.477. The molecule has 0 aliphatic rings. The summed E-state index contributed by atoms with van der Waals surface area (Å²) in [6.45, 7) is 1.93. The minimum absolute atomic E-state index is 0.477. The average Bonchev–Trinajstić information content (AvgIpc) is 2.34. The van der Waals surface area contributed by atoms with Gasteiger partial charge in [-0.2, -0.15) is 4.37 Å². The Balaban J connectivity index is 2.76. The van der Waals surface area contributed by atoms with Gasteiger partial charge in [-0.25, -0.2) is 4.79 Å². The van der Waals surface area contributed by atoms with Gasteiger partial charge in [-0.15, -0.1) is 0 Å². The van der Waals surface area contributed by atoms with E-state index in [4.69, 9.17) is 5.73 Å². The molecule has 0 spiro atoms. The second-order valence-corrected chi connectivity index (χ2v) is 2.53. The SMILES string of the molecule is CCc1nscc1OC(N)=O. The number of amides is 1. The number of carbonyl (C=O) groups excluding carboxylic acids is 1. The smallest absolute Gasteiger partial charge is 0.408 e. The van der Waals surface area contributed by atoms with Crippen LogP contribution in [-0.4, -0.2) is 10.5 Å². The van der Waals surface area contributed by atoms with Crippen molar-refractivity contribution < 1.29 is 9.53 Å². The lowest BCUT2D eigenvalue weighted by Crippen LogP contribution is -2.16. The van der Waals surface area contributed by atoms with Gasteiger partial charge < -0.3 is 10.5 Å². The molecule has 0 atom stereocenters. The fraction of sp³-hybridized carbons (Fsp3) is 0.333. The molecule has 0 aliphatic carbocycles. The molecule has 1 aromatic rings. The third-order valence-corrected chi connectivity index (χ3v) is 1.80. The van der Waals surface area contributed by atoms with Crippen LogP contribution in [0.3, 0.4) is 0 Å². The van der Waals surface area contributed by atoms with Crippen LogP contribution >= 0.6 is 11.5 Å². The van der Waals surface area contributed by atoms with E-state index in [-0.39, 0.29) is 0 Å². The number of aromatic nitrogens is 1. The van der Waals surface area contributed by atoms with Crippen molar-refractivity contribution in [1.29, 1.82) is 0 Å². The van der Waals surface area contributed by atoms with Gasteiger partial charge in [0.2, 0.25) is 0 Å². The topological polar surface area (TPSA) is 65.2 Å². The zero-order valence-electron chi connectivity index (χ0n) is 6.03. The van der Waals surface area contributed by atoms with Gasteiger partial charge in [0, 0.05) is 0 Å². The van der Waals surface area contributed by atoms with E-state index in [1.807, 2.05) is 6.92 Å². The highest BCUT2D eigenvalue weighted by atomic mass is 32.1. The van der Waals surface area contributed by atoms with Crippen molar-refractivity contribution in [2.75, 3.05) is 0 Å². The molecule has 1 heterocycles. The molecule has 11 heavy (non-hydrogen) atoms. The fourth-order valence-electron chi connectivity index (χ4n) is 0.681. The standard InChI is InChI=1S/C6H8N2O2S/c1-2-4-5(3-11-8-4)10-6(7)9/h3H,2H2,1H3,(H2,7,9). The number of hydrogen-bond donors (Lipinski definition) is 1. The van der Waals surface area contributed by atoms with Crippen LogP contribution in [0, 0.1) is 0 Å². The molecule has 60 valence electrons. The lowest BCUT2D eigenvalue weighted by Gasteiger charge is -1.97. The highest BCUT2D eigenvalue weighted by Gasteiger charge is 2.06. The van der Waals surface area contributed by atoms with Gasteiger partial charge in [-0.1, -0.05) is 6.92 Å². The van der Waals surface area contributed by atoms with Crippen LogP contribution in [0.2, 0.25) is 0 Å². The highest BCUT2D eigenvalue weighted by molar-refractivity contribution is 7.03. The Morgan fingerprint density at radius 3 is 3.18 bits per heavy atom. The van der Waals surface area contributed by atoms with Crippen molar-refractivity contribution in [2.45, 2.75) is 13.3 Å². The Hall–Kier alpha value is -1.10. The molecule has 4 nitrogen and oxygen atoms in total. The highest BCUT2D eigenvalue weighted by Crippen LogP contribution is 2.19. The first-order valence-corrected chi connectivity index (χ1v) is 3.98. The van der Waals surface area contributed by atoms with E-state index in [1.165, 1.54) is 11.5 Å². The second-order valence-electron chi connectivity index (χ2n) is 1.90. The summed E-state index contributed by atoms with van der Waals surface area (Å²) >= 11 is 1.25. The molecular weight excluding hydrogens is 164 g/mol. The van der Waals surface area contributed by atoms with Crippen LogP contribution in [0.4, 0.5) is 4.79 Å². The van der Waals surface area contributed by atoms with Crippen molar-refractivity contribution in [3.8, 4) is 5.75 Å². The zero-order chi connectivity index (χ0) is 8.27. The minimum atomic E-state index is -0.792. The Labute approximate surface area is 68.1 Å². The largest absolute Gasteiger partial charge is 0.410 e. The third-order valence-electron chi connectivity index (χ3n) is 1.15. The fourth-order valence-corrected chi connectivity index (χ4v) is 1.36. The maximum absolute atomic E-state index is 10.3. The minimum Gasteiger partial charge on any atom is -0.408 e. The van der Waals surface area contributed by atoms with Crippen molar-refractivity contribution in [1.82, 2.24) is 4.37 Å². The number of aryl methyl sites for hydroxylation is 1. The third kappa shape index (κ3) is 1.91. The second kappa shape index (κ2) is 3.34. The molecule has 1 rings (SSSR count). The summed E-state index contributed by atoms with van der Waals surface area (Å²) in [6.07, 6.45) is -0.0496. The molecule has 1 amide bonds. The molecule has 1 aromatic heterocycles. The number of nitrogens with two attached hydrogens (primary N) is 1. The van der Waals surface area contributed by atoms with E-state index in [0.29, 0.717) is 5.75 Å². The van der Waals surface area contributed by atoms with Crippen LogP contribution in [0.25, 0.3) is 0 Å². The summed E-state index contributed by atoms with van der Waals surface area (Å²) in [6, 6.07) is 0. The summed E-state index contributed by atoms with van der Waals surface area (Å²) in [7, 11) is 0. The Bertz CT molecular complexity index is 259. The number of nitrogens with zero attached hydrogens (tertiary/aromatic N) is 1. The van der Waals surface area contributed by atoms with Gasteiger partial charge in [0.1, 0.15) is 0 Å². The number of hydrogen-bond acceptors (Lipinski definition) is 4. The molecule has 0 aliphatic heterocycles. The molecular formula is C6H8N2O2S. The van der Waals surface area contributed by atoms with E-state index in [9.17, 15) is 4.79 Å². The lowest BCUT2D eigenvalue weighted by atomic mass is 10.3. The summed E-state index contributed by atoms with van der Waals surface area (Å²) in [4.78, 5) is 10.3. The van der Waals surface area contributed by atoms with E-state index in [1.54, 1.807) is 5.38 Å². The van der Waals surface area contributed by atoms with Crippen LogP contribution in [0.15, 0.2) is 5.38 Å². The quantitative estimate of drug-likeness (QED) is 0.728. The first kappa shape index (κ1) is 8.00. The van der Waals surface area contributed by atoms with Crippen LogP contribution in [0.5, 0.6) is 5.75 Å². The number of ether oxygens (including phenoxy) is 1. The van der Waals surface area contributed by atoms with Crippen molar-refractivity contribution in [2.24, 2.45) is 5.73 Å². The van der Waals surface area contributed by atoms with E-state index < -0.39 is 6.09 Å². The maximum atomic E-state index is 10.3. The van der Waals surface area contributed by atoms with Gasteiger partial charge in [0.15, 0.2) is 5.75 Å². The molecule has 0 saturated heterocycles. The predicted octanol–water partition coefficient (Wildman–Crippen LogP) is 1.16. The number of primary amides is 1. The molecule has 2 N–H and O–H groups in total. The molecule has 0 bridgehead atoms. The van der Waals surface area contributed by atoms with Crippen LogP contribution in [0.1, 0.15) is 12.6 Å². The Morgan fingerprint density at radius 1 is 1.91 bits per heavy atom. The van der Waals surface area contributed by atoms with E-state index in [0.717, 1.165) is 12.1 Å². The van der Waals surface area contributed by atoms with Crippen LogP contribution < -0.4 is 10.5 Å². The molecule has 0 radical (unpaired) electrons. The first-order valence-electron chi connectivity index (χ1n) is 3.14. The van der Waals surface area contributed by atoms with Crippen molar-refractivity contribution in [3.05, 3.63) is 11.1 Å². The molecule has 0 fully saturated rings. The van der Waals surface area contributed by atoms with Gasteiger partial charge in [0.25, 0.3) is 0 Å². The Kier molecular flexibility index (Phi) is 2.43. The Morgan fingerprint density at radius 2 is 2.64 bits per heavy atom. The molecule has 0 aromatic carbocycles. The molecule has 0 saturated carbocycles. The van der Waals surface area contributed by atoms with E-state index in [2.05, 4.69) is 9.11 Å². The zero-order valence-corrected chi connectivity index (χ0v) is 6.85.